The van der Waals surface area contributed by atoms with Crippen LogP contribution in [-0.4, -0.2) is 22.8 Å². The van der Waals surface area contributed by atoms with Gasteiger partial charge in [0.05, 0.1) is 11.3 Å². The number of Topliss-reactive ketones (excluding diaryl/α,β-unsaturated/α-hetero) is 1. The summed E-state index contributed by atoms with van der Waals surface area (Å²) in [6, 6.07) is 1.80. The van der Waals surface area contributed by atoms with E-state index in [1.54, 1.807) is 12.3 Å². The molecule has 1 heterocycles. The number of pyridine rings is 1. The Bertz CT molecular complexity index is 305. The summed E-state index contributed by atoms with van der Waals surface area (Å²) in [5, 5.41) is 0. The number of thioether (sulfide) groups is 1. The lowest BCUT2D eigenvalue weighted by molar-refractivity contribution is 0.102. The first-order valence-electron chi connectivity index (χ1n) is 3.90. The zero-order valence-corrected chi connectivity index (χ0v) is 8.52. The van der Waals surface area contributed by atoms with Crippen LogP contribution in [0.2, 0.25) is 0 Å². The van der Waals surface area contributed by atoms with E-state index in [0.29, 0.717) is 17.1 Å². The zero-order valence-electron chi connectivity index (χ0n) is 7.70. The summed E-state index contributed by atoms with van der Waals surface area (Å²) in [4.78, 5) is 15.4. The molecule has 0 saturated heterocycles. The molecule has 0 atom stereocenters. The van der Waals surface area contributed by atoms with Crippen molar-refractivity contribution in [2.24, 2.45) is 0 Å². The van der Waals surface area contributed by atoms with E-state index in [9.17, 15) is 4.79 Å². The molecule has 1 aromatic rings. The molecule has 4 heteroatoms. The molecule has 1 aromatic heterocycles. The molecule has 0 radical (unpaired) electrons. The number of carbonyl (C=O) groups is 1. The van der Waals surface area contributed by atoms with E-state index in [0.717, 1.165) is 5.56 Å². The van der Waals surface area contributed by atoms with Crippen molar-refractivity contribution in [1.29, 1.82) is 0 Å². The number of carbonyl (C=O) groups excluding carboxylic acids is 1. The van der Waals surface area contributed by atoms with Gasteiger partial charge in [0, 0.05) is 6.20 Å². The maximum atomic E-state index is 11.5. The van der Waals surface area contributed by atoms with Crippen LogP contribution in [0.1, 0.15) is 15.9 Å². The predicted molar refractivity (Wildman–Crippen MR) is 56.1 cm³/mol. The number of nitrogens with zero attached hydrogens (tertiary/aromatic N) is 1. The van der Waals surface area contributed by atoms with E-state index in [1.165, 1.54) is 11.8 Å². The number of aromatic nitrogens is 1. The van der Waals surface area contributed by atoms with Gasteiger partial charge in [0.25, 0.3) is 0 Å². The van der Waals surface area contributed by atoms with Gasteiger partial charge >= 0.3 is 0 Å². The van der Waals surface area contributed by atoms with Crippen LogP contribution in [0.3, 0.4) is 0 Å². The highest BCUT2D eigenvalue weighted by Crippen LogP contribution is 2.15. The number of nitrogen functional groups attached to an aromatic ring is 1. The fraction of sp³-hybridized carbons (Fsp3) is 0.333. The van der Waals surface area contributed by atoms with Crippen molar-refractivity contribution >= 4 is 23.4 Å². The lowest BCUT2D eigenvalue weighted by Crippen LogP contribution is -2.09. The molecule has 70 valence electrons. The minimum atomic E-state index is 0.0515. The van der Waals surface area contributed by atoms with Gasteiger partial charge in [-0.2, -0.15) is 11.8 Å². The molecule has 3 nitrogen and oxygen atoms in total. The van der Waals surface area contributed by atoms with Gasteiger partial charge in [0.2, 0.25) is 0 Å². The van der Waals surface area contributed by atoms with Crippen LogP contribution in [0, 0.1) is 6.92 Å². The molecular formula is C9H12N2OS. The second kappa shape index (κ2) is 4.28. The number of ketones is 1. The van der Waals surface area contributed by atoms with Crippen molar-refractivity contribution < 1.29 is 4.79 Å². The molecule has 0 saturated carbocycles. The third-order valence-electron chi connectivity index (χ3n) is 1.74. The summed E-state index contributed by atoms with van der Waals surface area (Å²) < 4.78 is 0. The molecule has 2 N–H and O–H groups in total. The first kappa shape index (κ1) is 10.1. The van der Waals surface area contributed by atoms with E-state index >= 15 is 0 Å². The van der Waals surface area contributed by atoms with Gasteiger partial charge < -0.3 is 5.73 Å². The summed E-state index contributed by atoms with van der Waals surface area (Å²) in [6.45, 7) is 1.87. The normalized spacial score (nSPS) is 10.0. The molecule has 1 rings (SSSR count). The molecule has 0 aliphatic heterocycles. The maximum absolute atomic E-state index is 11.5. The molecule has 0 unspecified atom stereocenters. The topological polar surface area (TPSA) is 56.0 Å². The summed E-state index contributed by atoms with van der Waals surface area (Å²) in [5.41, 5.74) is 7.07. The summed E-state index contributed by atoms with van der Waals surface area (Å²) in [5.74, 6) is 0.839. The maximum Gasteiger partial charge on any atom is 0.176 e. The van der Waals surface area contributed by atoms with E-state index in [1.807, 2.05) is 13.2 Å². The smallest absolute Gasteiger partial charge is 0.176 e. The van der Waals surface area contributed by atoms with Crippen molar-refractivity contribution in [2.75, 3.05) is 17.7 Å². The van der Waals surface area contributed by atoms with Crippen molar-refractivity contribution in [2.45, 2.75) is 6.92 Å². The molecule has 13 heavy (non-hydrogen) atoms. The summed E-state index contributed by atoms with van der Waals surface area (Å²) >= 11 is 1.49. The van der Waals surface area contributed by atoms with Crippen LogP contribution in [0.5, 0.6) is 0 Å². The average Bonchev–Trinajstić information content (AvgIpc) is 2.04. The Morgan fingerprint density at radius 3 is 2.92 bits per heavy atom. The first-order valence-corrected chi connectivity index (χ1v) is 5.29. The van der Waals surface area contributed by atoms with Crippen molar-refractivity contribution in [1.82, 2.24) is 4.98 Å². The largest absolute Gasteiger partial charge is 0.383 e. The Balaban J connectivity index is 3.05. The molecule has 0 aromatic carbocycles. The average molecular weight is 196 g/mol. The Hall–Kier alpha value is -1.03. The third kappa shape index (κ3) is 2.21. The van der Waals surface area contributed by atoms with Crippen LogP contribution < -0.4 is 5.73 Å². The molecule has 0 bridgehead atoms. The Kier molecular flexibility index (Phi) is 3.31. The molecule has 0 fully saturated rings. The highest BCUT2D eigenvalue weighted by atomic mass is 32.2. The van der Waals surface area contributed by atoms with E-state index < -0.39 is 0 Å². The molecule has 0 spiro atoms. The quantitative estimate of drug-likeness (QED) is 0.745. The minimum absolute atomic E-state index is 0.0515. The van der Waals surface area contributed by atoms with E-state index in [4.69, 9.17) is 5.73 Å². The number of hydrogen-bond donors (Lipinski definition) is 1. The monoisotopic (exact) mass is 196 g/mol. The Labute approximate surface area is 81.7 Å². The first-order chi connectivity index (χ1) is 6.16. The second-order valence-electron chi connectivity index (χ2n) is 2.74. The van der Waals surface area contributed by atoms with Gasteiger partial charge in [-0.25, -0.2) is 4.98 Å². The van der Waals surface area contributed by atoms with E-state index in [-0.39, 0.29) is 5.78 Å². The Morgan fingerprint density at radius 2 is 2.38 bits per heavy atom. The number of nitrogens with two attached hydrogens (primary N) is 1. The van der Waals surface area contributed by atoms with Gasteiger partial charge in [-0.05, 0) is 24.8 Å². The van der Waals surface area contributed by atoms with Crippen LogP contribution in [-0.2, 0) is 0 Å². The predicted octanol–water partition coefficient (Wildman–Crippen LogP) is 1.52. The Morgan fingerprint density at radius 1 is 1.69 bits per heavy atom. The van der Waals surface area contributed by atoms with Crippen LogP contribution >= 0.6 is 11.8 Å². The minimum Gasteiger partial charge on any atom is -0.383 e. The molecular weight excluding hydrogens is 184 g/mol. The zero-order chi connectivity index (χ0) is 9.84. The highest BCUT2D eigenvalue weighted by Gasteiger charge is 2.12. The fourth-order valence-corrected chi connectivity index (χ4v) is 1.55. The van der Waals surface area contributed by atoms with Gasteiger partial charge in [-0.15, -0.1) is 0 Å². The lowest BCUT2D eigenvalue weighted by Gasteiger charge is -2.05. The highest BCUT2D eigenvalue weighted by molar-refractivity contribution is 7.99. The number of hydrogen-bond acceptors (Lipinski definition) is 4. The fourth-order valence-electron chi connectivity index (χ4n) is 1.15. The van der Waals surface area contributed by atoms with Crippen molar-refractivity contribution in [3.05, 3.63) is 23.4 Å². The third-order valence-corrected chi connectivity index (χ3v) is 2.29. The SMILES string of the molecule is CSCC(=O)c1c(C)ccnc1N. The van der Waals surface area contributed by atoms with Crippen molar-refractivity contribution in [3.8, 4) is 0 Å². The van der Waals surface area contributed by atoms with Gasteiger partial charge in [0.1, 0.15) is 5.82 Å². The molecule has 0 aliphatic carbocycles. The summed E-state index contributed by atoms with van der Waals surface area (Å²) in [7, 11) is 0. The standard InChI is InChI=1S/C9H12N2OS/c1-6-3-4-11-9(10)8(6)7(12)5-13-2/h3-4H,5H2,1-2H3,(H2,10,11). The number of aryl methyl sites for hydroxylation is 1. The number of anilines is 1. The van der Waals surface area contributed by atoms with E-state index in [2.05, 4.69) is 4.98 Å². The van der Waals surface area contributed by atoms with Crippen LogP contribution in [0.25, 0.3) is 0 Å². The summed E-state index contributed by atoms with van der Waals surface area (Å²) in [6.07, 6.45) is 3.50. The van der Waals surface area contributed by atoms with Gasteiger partial charge in [-0.1, -0.05) is 0 Å². The van der Waals surface area contributed by atoms with Crippen LogP contribution in [0.15, 0.2) is 12.3 Å². The molecule has 0 aliphatic rings. The molecule has 0 amide bonds. The van der Waals surface area contributed by atoms with Gasteiger partial charge in [-0.3, -0.25) is 4.79 Å². The van der Waals surface area contributed by atoms with Crippen LogP contribution in [0.4, 0.5) is 5.82 Å². The second-order valence-corrected chi connectivity index (χ2v) is 3.61. The number of rotatable bonds is 3. The lowest BCUT2D eigenvalue weighted by atomic mass is 10.1. The van der Waals surface area contributed by atoms with Crippen molar-refractivity contribution in [3.63, 3.8) is 0 Å². The van der Waals surface area contributed by atoms with Gasteiger partial charge in [0.15, 0.2) is 5.78 Å².